The Labute approximate surface area is 293 Å². The summed E-state index contributed by atoms with van der Waals surface area (Å²) in [6.07, 6.45) is 43.2. The van der Waals surface area contributed by atoms with E-state index in [1.165, 1.54) is 161 Å². The normalized spacial score (nSPS) is 13.7. The fraction of sp³-hybridized carbons (Fsp3) is 0.929. The fourth-order valence-electron chi connectivity index (χ4n) is 6.57. The molecule has 3 atom stereocenters. The van der Waals surface area contributed by atoms with Gasteiger partial charge in [-0.05, 0) is 38.5 Å². The van der Waals surface area contributed by atoms with Crippen molar-refractivity contribution >= 4 is 5.91 Å². The topological polar surface area (TPSA) is 89.8 Å². The molecule has 0 spiro atoms. The number of amides is 1. The van der Waals surface area contributed by atoms with E-state index in [0.29, 0.717) is 12.8 Å². The van der Waals surface area contributed by atoms with Gasteiger partial charge in [-0.25, -0.2) is 0 Å². The van der Waals surface area contributed by atoms with Gasteiger partial charge < -0.3 is 20.6 Å². The number of aliphatic hydroxyl groups is 3. The molecule has 0 aromatic rings. The highest BCUT2D eigenvalue weighted by atomic mass is 16.3. The van der Waals surface area contributed by atoms with E-state index in [1.807, 2.05) is 0 Å². The van der Waals surface area contributed by atoms with Gasteiger partial charge in [0.15, 0.2) is 0 Å². The molecular weight excluding hydrogens is 582 g/mol. The number of hydrogen-bond donors (Lipinski definition) is 4. The molecule has 0 rings (SSSR count). The molecule has 47 heavy (non-hydrogen) atoms. The molecule has 0 aromatic heterocycles. The number of nitrogens with one attached hydrogen (secondary N) is 1. The third kappa shape index (κ3) is 33.4. The second-order valence-electron chi connectivity index (χ2n) is 14.5. The van der Waals surface area contributed by atoms with Gasteiger partial charge in [-0.2, -0.15) is 0 Å². The number of hydrogen-bond acceptors (Lipinski definition) is 4. The van der Waals surface area contributed by atoms with Crippen LogP contribution in [0.4, 0.5) is 0 Å². The maximum Gasteiger partial charge on any atom is 0.220 e. The Hall–Kier alpha value is -0.910. The van der Waals surface area contributed by atoms with Crippen molar-refractivity contribution in [1.29, 1.82) is 0 Å². The smallest absolute Gasteiger partial charge is 0.220 e. The van der Waals surface area contributed by atoms with Crippen molar-refractivity contribution in [2.24, 2.45) is 0 Å². The second-order valence-corrected chi connectivity index (χ2v) is 14.5. The van der Waals surface area contributed by atoms with Crippen LogP contribution in [0.1, 0.15) is 226 Å². The molecular formula is C42H83NO4. The summed E-state index contributed by atoms with van der Waals surface area (Å²) >= 11 is 0. The van der Waals surface area contributed by atoms with E-state index in [1.54, 1.807) is 0 Å². The van der Waals surface area contributed by atoms with Crippen LogP contribution in [-0.2, 0) is 4.79 Å². The first-order chi connectivity index (χ1) is 23.1. The van der Waals surface area contributed by atoms with Gasteiger partial charge in [0, 0.05) is 6.42 Å². The summed E-state index contributed by atoms with van der Waals surface area (Å²) in [5, 5.41) is 33.4. The molecule has 5 nitrogen and oxygen atoms in total. The summed E-state index contributed by atoms with van der Waals surface area (Å²) in [5.74, 6) is -0.151. The molecule has 0 saturated carbocycles. The van der Waals surface area contributed by atoms with Gasteiger partial charge in [-0.15, -0.1) is 0 Å². The SMILES string of the molecule is CCCCCCCCC/C=C/CCC[C@@H](O)[C@@H](O)[C@@H](CO)NC(=O)CCCCCCCCCCCCCCCCCCCCCCC. The van der Waals surface area contributed by atoms with E-state index < -0.39 is 18.2 Å². The van der Waals surface area contributed by atoms with Gasteiger partial charge in [-0.1, -0.05) is 193 Å². The third-order valence-electron chi connectivity index (χ3n) is 9.87. The van der Waals surface area contributed by atoms with Crippen molar-refractivity contribution < 1.29 is 20.1 Å². The first-order valence-corrected chi connectivity index (χ1v) is 21.0. The summed E-state index contributed by atoms with van der Waals surface area (Å²) < 4.78 is 0. The van der Waals surface area contributed by atoms with E-state index in [-0.39, 0.29) is 12.5 Å². The first kappa shape index (κ1) is 46.1. The number of rotatable bonds is 38. The number of allylic oxidation sites excluding steroid dienone is 2. The Morgan fingerprint density at radius 2 is 0.851 bits per heavy atom. The van der Waals surface area contributed by atoms with Crippen LogP contribution in [0.3, 0.4) is 0 Å². The molecule has 0 bridgehead atoms. The minimum absolute atomic E-state index is 0.151. The van der Waals surface area contributed by atoms with Crippen molar-refractivity contribution in [3.05, 3.63) is 12.2 Å². The highest BCUT2D eigenvalue weighted by molar-refractivity contribution is 5.76. The zero-order valence-electron chi connectivity index (χ0n) is 31.7. The molecule has 4 N–H and O–H groups in total. The van der Waals surface area contributed by atoms with Gasteiger partial charge >= 0.3 is 0 Å². The van der Waals surface area contributed by atoms with Crippen LogP contribution in [0, 0.1) is 0 Å². The van der Waals surface area contributed by atoms with E-state index >= 15 is 0 Å². The van der Waals surface area contributed by atoms with Crippen molar-refractivity contribution in [3.8, 4) is 0 Å². The van der Waals surface area contributed by atoms with E-state index in [0.717, 1.165) is 38.5 Å². The lowest BCUT2D eigenvalue weighted by molar-refractivity contribution is -0.124. The summed E-state index contributed by atoms with van der Waals surface area (Å²) in [6.45, 7) is 4.16. The highest BCUT2D eigenvalue weighted by Gasteiger charge is 2.26. The monoisotopic (exact) mass is 666 g/mol. The number of carbonyl (C=O) groups is 1. The first-order valence-electron chi connectivity index (χ1n) is 21.0. The molecule has 0 radical (unpaired) electrons. The quantitative estimate of drug-likeness (QED) is 0.0390. The summed E-state index contributed by atoms with van der Waals surface area (Å²) in [7, 11) is 0. The third-order valence-corrected chi connectivity index (χ3v) is 9.87. The van der Waals surface area contributed by atoms with Gasteiger partial charge in [0.1, 0.15) is 6.10 Å². The average molecular weight is 666 g/mol. The Morgan fingerprint density at radius 3 is 1.23 bits per heavy atom. The molecule has 0 saturated heterocycles. The van der Waals surface area contributed by atoms with Crippen LogP contribution < -0.4 is 5.32 Å². The van der Waals surface area contributed by atoms with Crippen LogP contribution in [0.25, 0.3) is 0 Å². The van der Waals surface area contributed by atoms with Crippen molar-refractivity contribution in [1.82, 2.24) is 5.32 Å². The Kier molecular flexibility index (Phi) is 37.2. The van der Waals surface area contributed by atoms with Gasteiger partial charge in [0.25, 0.3) is 0 Å². The second kappa shape index (κ2) is 37.9. The van der Waals surface area contributed by atoms with E-state index in [2.05, 4.69) is 31.3 Å². The molecule has 0 aliphatic heterocycles. The standard InChI is InChI=1S/C42H83NO4/c1-3-5-7-9-11-13-15-17-18-19-20-21-22-23-24-25-27-29-31-33-35-37-41(46)43-39(38-44)42(47)40(45)36-34-32-30-28-26-16-14-12-10-8-6-4-2/h28,30,39-40,42,44-45,47H,3-27,29,31-38H2,1-2H3,(H,43,46)/b30-28+/t39-,40-,42+/m1/s1. The lowest BCUT2D eigenvalue weighted by Crippen LogP contribution is -2.50. The number of carbonyl (C=O) groups excluding carboxylic acids is 1. The zero-order chi connectivity index (χ0) is 34.5. The molecule has 0 aromatic carbocycles. The Morgan fingerprint density at radius 1 is 0.511 bits per heavy atom. The maximum atomic E-state index is 12.4. The Bertz CT molecular complexity index is 655. The summed E-state index contributed by atoms with van der Waals surface area (Å²) in [4.78, 5) is 12.4. The Balaban J connectivity index is 3.60. The number of unbranched alkanes of at least 4 members (excludes halogenated alkanes) is 28. The van der Waals surface area contributed by atoms with Crippen LogP contribution in [0.15, 0.2) is 12.2 Å². The van der Waals surface area contributed by atoms with Gasteiger partial charge in [-0.3, -0.25) is 4.79 Å². The highest BCUT2D eigenvalue weighted by Crippen LogP contribution is 2.16. The van der Waals surface area contributed by atoms with E-state index in [4.69, 9.17) is 0 Å². The predicted molar refractivity (Wildman–Crippen MR) is 204 cm³/mol. The lowest BCUT2D eigenvalue weighted by Gasteiger charge is -2.26. The molecule has 0 fully saturated rings. The predicted octanol–water partition coefficient (Wildman–Crippen LogP) is 11.7. The van der Waals surface area contributed by atoms with Crippen molar-refractivity contribution in [2.45, 2.75) is 244 Å². The maximum absolute atomic E-state index is 12.4. The van der Waals surface area contributed by atoms with Crippen molar-refractivity contribution in [2.75, 3.05) is 6.61 Å². The molecule has 1 amide bonds. The minimum atomic E-state index is -1.15. The average Bonchev–Trinajstić information content (AvgIpc) is 3.07. The molecule has 0 heterocycles. The summed E-state index contributed by atoms with van der Waals surface area (Å²) in [5.41, 5.74) is 0. The lowest BCUT2D eigenvalue weighted by atomic mass is 10.0. The molecule has 0 aliphatic carbocycles. The zero-order valence-corrected chi connectivity index (χ0v) is 31.7. The molecule has 0 aliphatic rings. The van der Waals surface area contributed by atoms with E-state index in [9.17, 15) is 20.1 Å². The van der Waals surface area contributed by atoms with Crippen molar-refractivity contribution in [3.63, 3.8) is 0 Å². The van der Waals surface area contributed by atoms with Gasteiger partial charge in [0.2, 0.25) is 5.91 Å². The fourth-order valence-corrected chi connectivity index (χ4v) is 6.57. The minimum Gasteiger partial charge on any atom is -0.394 e. The van der Waals surface area contributed by atoms with Crippen LogP contribution >= 0.6 is 0 Å². The van der Waals surface area contributed by atoms with Crippen LogP contribution in [0.2, 0.25) is 0 Å². The molecule has 5 heteroatoms. The number of aliphatic hydroxyl groups excluding tert-OH is 3. The summed E-state index contributed by atoms with van der Waals surface area (Å²) in [6, 6.07) is -0.819. The van der Waals surface area contributed by atoms with Crippen LogP contribution in [-0.4, -0.2) is 46.1 Å². The van der Waals surface area contributed by atoms with Crippen LogP contribution in [0.5, 0.6) is 0 Å². The largest absolute Gasteiger partial charge is 0.394 e. The molecule has 0 unspecified atom stereocenters. The van der Waals surface area contributed by atoms with Gasteiger partial charge in [0.05, 0.1) is 18.8 Å². The molecule has 280 valence electrons.